The molecule has 0 aliphatic heterocycles. The van der Waals surface area contributed by atoms with Crippen LogP contribution in [0.1, 0.15) is 52.4 Å². The fourth-order valence-corrected chi connectivity index (χ4v) is 2.01. The lowest BCUT2D eigenvalue weighted by Crippen LogP contribution is -2.19. The highest BCUT2D eigenvalue weighted by molar-refractivity contribution is 5.40. The molecule has 0 unspecified atom stereocenters. The fourth-order valence-electron chi connectivity index (χ4n) is 2.01. The summed E-state index contributed by atoms with van der Waals surface area (Å²) in [5.41, 5.74) is 1.14. The maximum Gasteiger partial charge on any atom is 0.250 e. The van der Waals surface area contributed by atoms with Crippen molar-refractivity contribution in [2.75, 3.05) is 11.9 Å². The predicted octanol–water partition coefficient (Wildman–Crippen LogP) is 3.64. The van der Waals surface area contributed by atoms with Crippen molar-refractivity contribution < 1.29 is 0 Å². The third kappa shape index (κ3) is 5.39. The number of hydrogen-bond donors (Lipinski definition) is 1. The molecule has 1 rings (SSSR count). The van der Waals surface area contributed by atoms with Crippen molar-refractivity contribution >= 4 is 5.69 Å². The summed E-state index contributed by atoms with van der Waals surface area (Å²) in [4.78, 5) is 11.5. The Morgan fingerprint density at radius 3 is 2.56 bits per heavy atom. The van der Waals surface area contributed by atoms with Crippen LogP contribution in [0.25, 0.3) is 0 Å². The third-order valence-corrected chi connectivity index (χ3v) is 3.06. The van der Waals surface area contributed by atoms with Gasteiger partial charge < -0.3 is 9.88 Å². The van der Waals surface area contributed by atoms with Gasteiger partial charge in [0.1, 0.15) is 0 Å². The maximum atomic E-state index is 11.5. The average Bonchev–Trinajstić information content (AvgIpc) is 2.37. The van der Waals surface area contributed by atoms with E-state index in [1.54, 1.807) is 10.6 Å². The largest absolute Gasteiger partial charge is 0.384 e. The van der Waals surface area contributed by atoms with Gasteiger partial charge in [-0.25, -0.2) is 0 Å². The summed E-state index contributed by atoms with van der Waals surface area (Å²) in [5, 5.41) is 3.39. The second kappa shape index (κ2) is 8.78. The molecule has 0 amide bonds. The number of hydrogen-bond acceptors (Lipinski definition) is 2. The van der Waals surface area contributed by atoms with E-state index in [1.165, 1.54) is 32.1 Å². The zero-order valence-electron chi connectivity index (χ0n) is 11.7. The van der Waals surface area contributed by atoms with Crippen molar-refractivity contribution in [3.63, 3.8) is 0 Å². The molecule has 0 aromatic carbocycles. The molecule has 0 radical (unpaired) electrons. The van der Waals surface area contributed by atoms with E-state index in [9.17, 15) is 4.79 Å². The van der Waals surface area contributed by atoms with Gasteiger partial charge >= 0.3 is 0 Å². The SMILES string of the molecule is CCCCCCCNc1ccc(=O)n(CCC)c1. The molecule has 3 heteroatoms. The van der Waals surface area contributed by atoms with Gasteiger partial charge in [-0.15, -0.1) is 0 Å². The van der Waals surface area contributed by atoms with E-state index >= 15 is 0 Å². The molecular formula is C15H26N2O. The molecule has 1 heterocycles. The van der Waals surface area contributed by atoms with Gasteiger partial charge in [0.25, 0.3) is 5.56 Å². The van der Waals surface area contributed by atoms with Crippen LogP contribution in [0.4, 0.5) is 5.69 Å². The lowest BCUT2D eigenvalue weighted by Gasteiger charge is -2.09. The Labute approximate surface area is 110 Å². The van der Waals surface area contributed by atoms with Crippen molar-refractivity contribution in [1.29, 1.82) is 0 Å². The third-order valence-electron chi connectivity index (χ3n) is 3.06. The van der Waals surface area contributed by atoms with Crippen molar-refractivity contribution in [3.8, 4) is 0 Å². The molecule has 18 heavy (non-hydrogen) atoms. The molecule has 1 aromatic rings. The molecule has 0 spiro atoms. The minimum Gasteiger partial charge on any atom is -0.384 e. The molecule has 0 atom stereocenters. The van der Waals surface area contributed by atoms with Gasteiger partial charge in [-0.05, 0) is 18.9 Å². The lowest BCUT2D eigenvalue weighted by molar-refractivity contribution is 0.642. The first-order valence-electron chi connectivity index (χ1n) is 7.22. The monoisotopic (exact) mass is 250 g/mol. The van der Waals surface area contributed by atoms with Crippen molar-refractivity contribution in [1.82, 2.24) is 4.57 Å². The number of aryl methyl sites for hydroxylation is 1. The molecular weight excluding hydrogens is 224 g/mol. The Hall–Kier alpha value is -1.25. The summed E-state index contributed by atoms with van der Waals surface area (Å²) in [7, 11) is 0. The zero-order valence-corrected chi connectivity index (χ0v) is 11.7. The van der Waals surface area contributed by atoms with Crippen molar-refractivity contribution in [2.45, 2.75) is 58.9 Å². The second-order valence-corrected chi connectivity index (χ2v) is 4.79. The number of anilines is 1. The highest BCUT2D eigenvalue weighted by Gasteiger charge is 1.97. The highest BCUT2D eigenvalue weighted by atomic mass is 16.1. The number of nitrogens with zero attached hydrogens (tertiary/aromatic N) is 1. The first-order valence-corrected chi connectivity index (χ1v) is 7.22. The summed E-state index contributed by atoms with van der Waals surface area (Å²) in [6.07, 6.45) is 9.35. The average molecular weight is 250 g/mol. The standard InChI is InChI=1S/C15H26N2O/c1-3-5-6-7-8-11-16-14-9-10-15(18)17(13-14)12-4-2/h9-10,13,16H,3-8,11-12H2,1-2H3. The number of aromatic nitrogens is 1. The van der Waals surface area contributed by atoms with Gasteiger partial charge in [-0.3, -0.25) is 4.79 Å². The molecule has 0 aliphatic carbocycles. The second-order valence-electron chi connectivity index (χ2n) is 4.79. The Morgan fingerprint density at radius 2 is 1.83 bits per heavy atom. The number of pyridine rings is 1. The number of nitrogens with one attached hydrogen (secondary N) is 1. The van der Waals surface area contributed by atoms with E-state index in [0.29, 0.717) is 0 Å². The molecule has 3 nitrogen and oxygen atoms in total. The summed E-state index contributed by atoms with van der Waals surface area (Å²) >= 11 is 0. The van der Waals surface area contributed by atoms with E-state index in [1.807, 2.05) is 12.3 Å². The minimum atomic E-state index is 0.0883. The van der Waals surface area contributed by atoms with Crippen LogP contribution in [0.3, 0.4) is 0 Å². The normalized spacial score (nSPS) is 10.6. The fraction of sp³-hybridized carbons (Fsp3) is 0.667. The summed E-state index contributed by atoms with van der Waals surface area (Å²) in [6.45, 7) is 6.11. The Kier molecular flexibility index (Phi) is 7.23. The predicted molar refractivity (Wildman–Crippen MR) is 78.2 cm³/mol. The van der Waals surface area contributed by atoms with Crippen LogP contribution < -0.4 is 10.9 Å². The smallest absolute Gasteiger partial charge is 0.250 e. The molecule has 0 fully saturated rings. The lowest BCUT2D eigenvalue weighted by atomic mass is 10.1. The topological polar surface area (TPSA) is 34.0 Å². The summed E-state index contributed by atoms with van der Waals surface area (Å²) in [5.74, 6) is 0. The summed E-state index contributed by atoms with van der Waals surface area (Å²) < 4.78 is 1.78. The van der Waals surface area contributed by atoms with Crippen LogP contribution in [-0.2, 0) is 6.54 Å². The molecule has 0 saturated carbocycles. The van der Waals surface area contributed by atoms with E-state index < -0.39 is 0 Å². The Balaban J connectivity index is 2.33. The number of rotatable bonds is 9. The van der Waals surface area contributed by atoms with Gasteiger partial charge in [0.05, 0.1) is 5.69 Å². The number of unbranched alkanes of at least 4 members (excludes halogenated alkanes) is 4. The zero-order chi connectivity index (χ0) is 13.2. The molecule has 1 N–H and O–H groups in total. The molecule has 1 aromatic heterocycles. The first kappa shape index (κ1) is 14.8. The molecule has 0 saturated heterocycles. The molecule has 0 aliphatic rings. The van der Waals surface area contributed by atoms with E-state index in [0.717, 1.165) is 25.2 Å². The van der Waals surface area contributed by atoms with Gasteiger partial charge in [-0.1, -0.05) is 39.5 Å². The first-order chi connectivity index (χ1) is 8.77. The van der Waals surface area contributed by atoms with Crippen LogP contribution in [0.15, 0.2) is 23.1 Å². The van der Waals surface area contributed by atoms with Crippen LogP contribution in [0.5, 0.6) is 0 Å². The Morgan fingerprint density at radius 1 is 1.06 bits per heavy atom. The van der Waals surface area contributed by atoms with Crippen LogP contribution in [-0.4, -0.2) is 11.1 Å². The molecule has 102 valence electrons. The molecule has 0 bridgehead atoms. The van der Waals surface area contributed by atoms with E-state index in [4.69, 9.17) is 0 Å². The van der Waals surface area contributed by atoms with Crippen LogP contribution in [0.2, 0.25) is 0 Å². The van der Waals surface area contributed by atoms with Gasteiger partial charge in [0.15, 0.2) is 0 Å². The van der Waals surface area contributed by atoms with Gasteiger partial charge in [-0.2, -0.15) is 0 Å². The maximum absolute atomic E-state index is 11.5. The van der Waals surface area contributed by atoms with E-state index in [-0.39, 0.29) is 5.56 Å². The minimum absolute atomic E-state index is 0.0883. The Bertz CT molecular complexity index is 384. The quantitative estimate of drug-likeness (QED) is 0.679. The van der Waals surface area contributed by atoms with Crippen LogP contribution in [0, 0.1) is 0 Å². The van der Waals surface area contributed by atoms with Gasteiger partial charge in [0, 0.05) is 25.4 Å². The summed E-state index contributed by atoms with van der Waals surface area (Å²) in [6, 6.07) is 3.52. The highest BCUT2D eigenvalue weighted by Crippen LogP contribution is 2.06. The van der Waals surface area contributed by atoms with E-state index in [2.05, 4.69) is 19.2 Å². The van der Waals surface area contributed by atoms with Crippen LogP contribution >= 0.6 is 0 Å². The van der Waals surface area contributed by atoms with Crippen molar-refractivity contribution in [2.24, 2.45) is 0 Å². The van der Waals surface area contributed by atoms with Crippen molar-refractivity contribution in [3.05, 3.63) is 28.7 Å². The van der Waals surface area contributed by atoms with Gasteiger partial charge in [0.2, 0.25) is 0 Å².